The van der Waals surface area contributed by atoms with Crippen molar-refractivity contribution in [1.29, 1.82) is 0 Å². The number of likely N-dealkylation sites (tertiary alicyclic amines) is 1. The van der Waals surface area contributed by atoms with Gasteiger partial charge in [-0.15, -0.1) is 0 Å². The van der Waals surface area contributed by atoms with Crippen LogP contribution in [0.3, 0.4) is 0 Å². The Labute approximate surface area is 104 Å². The van der Waals surface area contributed by atoms with Gasteiger partial charge in [-0.25, -0.2) is 8.78 Å². The average molecular weight is 255 g/mol. The second-order valence-electron chi connectivity index (χ2n) is 4.71. The lowest BCUT2D eigenvalue weighted by atomic mass is 9.95. The molecule has 1 heterocycles. The van der Waals surface area contributed by atoms with Crippen LogP contribution in [0.2, 0.25) is 0 Å². The first-order chi connectivity index (χ1) is 8.49. The highest BCUT2D eigenvalue weighted by atomic mass is 19.1. The molecule has 2 atom stereocenters. The Kier molecular flexibility index (Phi) is 3.61. The summed E-state index contributed by atoms with van der Waals surface area (Å²) in [7, 11) is 0. The Hall–Kier alpha value is -1.49. The fraction of sp³-hybridized carbons (Fsp3) is 0.462. The predicted octanol–water partition coefficient (Wildman–Crippen LogP) is 1.81. The molecule has 3 nitrogen and oxygen atoms in total. The van der Waals surface area contributed by atoms with Gasteiger partial charge in [-0.05, 0) is 24.5 Å². The minimum atomic E-state index is -0.867. The van der Waals surface area contributed by atoms with Crippen molar-refractivity contribution < 1.29 is 18.7 Å². The van der Waals surface area contributed by atoms with Crippen LogP contribution in [0.1, 0.15) is 23.7 Å². The van der Waals surface area contributed by atoms with E-state index >= 15 is 0 Å². The van der Waals surface area contributed by atoms with Gasteiger partial charge in [0.1, 0.15) is 11.6 Å². The van der Waals surface area contributed by atoms with E-state index in [1.807, 2.05) is 6.92 Å². The largest absolute Gasteiger partial charge is 0.391 e. The first kappa shape index (κ1) is 13.0. The Bertz CT molecular complexity index is 464. The van der Waals surface area contributed by atoms with Crippen molar-refractivity contribution in [3.63, 3.8) is 0 Å². The maximum absolute atomic E-state index is 13.5. The lowest BCUT2D eigenvalue weighted by molar-refractivity contribution is 0.0246. The molecule has 1 fully saturated rings. The summed E-state index contributed by atoms with van der Waals surface area (Å²) in [5, 5.41) is 9.71. The molecule has 2 rings (SSSR count). The Balaban J connectivity index is 2.16. The second-order valence-corrected chi connectivity index (χ2v) is 4.71. The number of benzene rings is 1. The van der Waals surface area contributed by atoms with E-state index in [1.54, 1.807) is 0 Å². The summed E-state index contributed by atoms with van der Waals surface area (Å²) >= 11 is 0. The van der Waals surface area contributed by atoms with Gasteiger partial charge in [-0.3, -0.25) is 4.79 Å². The number of hydrogen-bond donors (Lipinski definition) is 1. The molecule has 98 valence electrons. The van der Waals surface area contributed by atoms with Crippen molar-refractivity contribution in [2.45, 2.75) is 19.4 Å². The van der Waals surface area contributed by atoms with Crippen molar-refractivity contribution in [3.8, 4) is 0 Å². The molecule has 2 unspecified atom stereocenters. The zero-order chi connectivity index (χ0) is 13.3. The average Bonchev–Trinajstić information content (AvgIpc) is 2.32. The molecular formula is C13H15F2NO2. The molecule has 0 aliphatic carbocycles. The smallest absolute Gasteiger partial charge is 0.256 e. The molecule has 0 spiro atoms. The lowest BCUT2D eigenvalue weighted by Gasteiger charge is -2.34. The van der Waals surface area contributed by atoms with Crippen molar-refractivity contribution in [2.75, 3.05) is 13.1 Å². The quantitative estimate of drug-likeness (QED) is 0.831. The summed E-state index contributed by atoms with van der Waals surface area (Å²) in [4.78, 5) is 13.4. The maximum Gasteiger partial charge on any atom is 0.256 e. The van der Waals surface area contributed by atoms with Gasteiger partial charge in [0, 0.05) is 19.2 Å². The van der Waals surface area contributed by atoms with E-state index in [9.17, 15) is 18.7 Å². The van der Waals surface area contributed by atoms with Crippen LogP contribution in [0, 0.1) is 17.6 Å². The Morgan fingerprint density at radius 2 is 2.17 bits per heavy atom. The molecule has 0 bridgehead atoms. The summed E-state index contributed by atoms with van der Waals surface area (Å²) in [5.74, 6) is -1.95. The van der Waals surface area contributed by atoms with Gasteiger partial charge >= 0.3 is 0 Å². The Morgan fingerprint density at radius 3 is 2.78 bits per heavy atom. The molecule has 1 amide bonds. The molecule has 0 saturated carbocycles. The van der Waals surface area contributed by atoms with Crippen LogP contribution in [0.25, 0.3) is 0 Å². The number of nitrogens with zero attached hydrogens (tertiary/aromatic N) is 1. The van der Waals surface area contributed by atoms with Crippen molar-refractivity contribution in [3.05, 3.63) is 35.4 Å². The first-order valence-electron chi connectivity index (χ1n) is 5.91. The molecule has 1 aromatic carbocycles. The molecule has 1 N–H and O–H groups in total. The molecule has 0 aromatic heterocycles. The molecule has 0 radical (unpaired) electrons. The fourth-order valence-electron chi connectivity index (χ4n) is 2.07. The topological polar surface area (TPSA) is 40.5 Å². The van der Waals surface area contributed by atoms with Crippen LogP contribution in [-0.4, -0.2) is 35.1 Å². The third-order valence-corrected chi connectivity index (χ3v) is 3.37. The number of carbonyl (C=O) groups excluding carboxylic acids is 1. The summed E-state index contributed by atoms with van der Waals surface area (Å²) < 4.78 is 26.2. The van der Waals surface area contributed by atoms with Crippen LogP contribution in [-0.2, 0) is 0 Å². The number of aliphatic hydroxyl groups excluding tert-OH is 1. The van der Waals surface area contributed by atoms with Crippen LogP contribution in [0.15, 0.2) is 18.2 Å². The maximum atomic E-state index is 13.5. The number of piperidine rings is 1. The van der Waals surface area contributed by atoms with Crippen molar-refractivity contribution in [1.82, 2.24) is 4.90 Å². The lowest BCUT2D eigenvalue weighted by Crippen LogP contribution is -2.46. The van der Waals surface area contributed by atoms with Crippen molar-refractivity contribution >= 4 is 5.91 Å². The van der Waals surface area contributed by atoms with Crippen LogP contribution in [0.4, 0.5) is 8.78 Å². The van der Waals surface area contributed by atoms with Crippen molar-refractivity contribution in [2.24, 2.45) is 5.92 Å². The zero-order valence-electron chi connectivity index (χ0n) is 10.1. The molecule has 1 aliphatic rings. The number of aliphatic hydroxyl groups is 1. The van der Waals surface area contributed by atoms with E-state index in [-0.39, 0.29) is 18.0 Å². The second kappa shape index (κ2) is 5.02. The predicted molar refractivity (Wildman–Crippen MR) is 62.0 cm³/mol. The summed E-state index contributed by atoms with van der Waals surface area (Å²) in [6.07, 6.45) is 0.0848. The number of halogens is 2. The first-order valence-corrected chi connectivity index (χ1v) is 5.91. The standard InChI is InChI=1S/C13H15F2NO2/c1-8-4-5-16(7-12(8)17)13(18)10-3-2-9(14)6-11(10)15/h2-3,6,8,12,17H,4-5,7H2,1H3. The van der Waals surface area contributed by atoms with Gasteiger partial charge in [-0.1, -0.05) is 6.92 Å². The van der Waals surface area contributed by atoms with E-state index in [0.717, 1.165) is 12.1 Å². The number of amides is 1. The van der Waals surface area contributed by atoms with E-state index in [0.29, 0.717) is 19.0 Å². The highest BCUT2D eigenvalue weighted by Gasteiger charge is 2.28. The van der Waals surface area contributed by atoms with E-state index in [4.69, 9.17) is 0 Å². The fourth-order valence-corrected chi connectivity index (χ4v) is 2.07. The number of carbonyl (C=O) groups is 1. The number of β-amino-alcohol motifs (C(OH)–C–C–N with tert-alkyl or cyclic N) is 1. The third-order valence-electron chi connectivity index (χ3n) is 3.37. The zero-order valence-corrected chi connectivity index (χ0v) is 10.1. The molecular weight excluding hydrogens is 240 g/mol. The third kappa shape index (κ3) is 2.51. The van der Waals surface area contributed by atoms with Crippen LogP contribution >= 0.6 is 0 Å². The minimum Gasteiger partial charge on any atom is -0.391 e. The summed E-state index contributed by atoms with van der Waals surface area (Å²) in [6.45, 7) is 2.58. The van der Waals surface area contributed by atoms with E-state index < -0.39 is 23.6 Å². The monoisotopic (exact) mass is 255 g/mol. The van der Waals surface area contributed by atoms with Gasteiger partial charge in [0.15, 0.2) is 0 Å². The highest BCUT2D eigenvalue weighted by molar-refractivity contribution is 5.94. The normalized spacial score (nSPS) is 24.1. The van der Waals surface area contributed by atoms with Crippen LogP contribution in [0.5, 0.6) is 0 Å². The van der Waals surface area contributed by atoms with E-state index in [2.05, 4.69) is 0 Å². The van der Waals surface area contributed by atoms with Gasteiger partial charge < -0.3 is 10.0 Å². The highest BCUT2D eigenvalue weighted by Crippen LogP contribution is 2.20. The number of rotatable bonds is 1. The SMILES string of the molecule is CC1CCN(C(=O)c2ccc(F)cc2F)CC1O. The van der Waals surface area contributed by atoms with Gasteiger partial charge in [0.05, 0.1) is 11.7 Å². The molecule has 1 aromatic rings. The summed E-state index contributed by atoms with van der Waals surface area (Å²) in [5.41, 5.74) is -0.154. The van der Waals surface area contributed by atoms with Gasteiger partial charge in [0.25, 0.3) is 5.91 Å². The Morgan fingerprint density at radius 1 is 1.44 bits per heavy atom. The van der Waals surface area contributed by atoms with Gasteiger partial charge in [-0.2, -0.15) is 0 Å². The summed E-state index contributed by atoms with van der Waals surface area (Å²) in [6, 6.07) is 2.88. The molecule has 1 aliphatic heterocycles. The molecule has 1 saturated heterocycles. The van der Waals surface area contributed by atoms with E-state index in [1.165, 1.54) is 4.90 Å². The molecule has 18 heavy (non-hydrogen) atoms. The van der Waals surface area contributed by atoms with Crippen LogP contribution < -0.4 is 0 Å². The molecule has 5 heteroatoms. The minimum absolute atomic E-state index is 0.132. The number of hydrogen-bond acceptors (Lipinski definition) is 2. The van der Waals surface area contributed by atoms with Gasteiger partial charge in [0.2, 0.25) is 0 Å².